The molecule has 1 fully saturated rings. The van der Waals surface area contributed by atoms with E-state index in [2.05, 4.69) is 0 Å². The minimum absolute atomic E-state index is 0.0570. The Hall–Kier alpha value is -2.83. The van der Waals surface area contributed by atoms with Crippen LogP contribution in [-0.4, -0.2) is 30.2 Å². The molecule has 30 heavy (non-hydrogen) atoms. The second-order valence-electron chi connectivity index (χ2n) is 7.48. The van der Waals surface area contributed by atoms with Gasteiger partial charge < -0.3 is 9.64 Å². The summed E-state index contributed by atoms with van der Waals surface area (Å²) in [4.78, 5) is 26.6. The fraction of sp³-hybridized carbons (Fsp3) is 0.391. The molecule has 1 heterocycles. The highest BCUT2D eigenvalue weighted by molar-refractivity contribution is 5.94. The van der Waals surface area contributed by atoms with E-state index in [0.717, 1.165) is 25.0 Å². The Morgan fingerprint density at radius 2 is 1.80 bits per heavy atom. The molecule has 0 aromatic heterocycles. The maximum Gasteiger partial charge on any atom is 0.416 e. The Kier molecular flexibility index (Phi) is 6.48. The number of likely N-dealkylation sites (tertiary alicyclic amines) is 1. The van der Waals surface area contributed by atoms with Crippen molar-refractivity contribution in [3.8, 4) is 5.75 Å². The Morgan fingerprint density at radius 3 is 2.40 bits per heavy atom. The fourth-order valence-corrected chi connectivity index (χ4v) is 3.87. The maximum atomic E-state index is 13.1. The van der Waals surface area contributed by atoms with Crippen LogP contribution in [0.1, 0.15) is 59.3 Å². The van der Waals surface area contributed by atoms with E-state index in [1.807, 2.05) is 0 Å². The van der Waals surface area contributed by atoms with E-state index in [1.165, 1.54) is 26.2 Å². The summed E-state index contributed by atoms with van der Waals surface area (Å²) in [5.74, 6) is 0.280. The summed E-state index contributed by atoms with van der Waals surface area (Å²) in [6.45, 7) is 2.00. The van der Waals surface area contributed by atoms with E-state index in [-0.39, 0.29) is 24.2 Å². The molecule has 7 heteroatoms. The monoisotopic (exact) mass is 419 g/mol. The number of benzene rings is 2. The molecule has 0 N–H and O–H groups in total. The number of halogens is 3. The molecular formula is C23H24F3NO3. The van der Waals surface area contributed by atoms with Gasteiger partial charge in [-0.05, 0) is 62.1 Å². The van der Waals surface area contributed by atoms with Gasteiger partial charge in [0.05, 0.1) is 25.1 Å². The fourth-order valence-electron chi connectivity index (χ4n) is 3.87. The average molecular weight is 419 g/mol. The van der Waals surface area contributed by atoms with Crippen LogP contribution in [0.5, 0.6) is 5.75 Å². The smallest absolute Gasteiger partial charge is 0.416 e. The van der Waals surface area contributed by atoms with Crippen LogP contribution in [0.3, 0.4) is 0 Å². The molecule has 1 saturated heterocycles. The van der Waals surface area contributed by atoms with E-state index in [0.29, 0.717) is 35.4 Å². The number of amides is 1. The molecule has 1 aliphatic rings. The molecule has 2 aromatic carbocycles. The van der Waals surface area contributed by atoms with Crippen LogP contribution in [0, 0.1) is 0 Å². The van der Waals surface area contributed by atoms with Gasteiger partial charge in [-0.3, -0.25) is 9.59 Å². The van der Waals surface area contributed by atoms with Gasteiger partial charge in [-0.1, -0.05) is 12.1 Å². The van der Waals surface area contributed by atoms with Crippen LogP contribution in [0.25, 0.3) is 0 Å². The van der Waals surface area contributed by atoms with Crippen LogP contribution in [0.2, 0.25) is 0 Å². The van der Waals surface area contributed by atoms with Gasteiger partial charge in [0.15, 0.2) is 5.78 Å². The summed E-state index contributed by atoms with van der Waals surface area (Å²) < 4.78 is 43.9. The Balaban J connectivity index is 1.84. The first-order chi connectivity index (χ1) is 14.2. The normalized spacial score (nSPS) is 17.0. The molecule has 0 saturated carbocycles. The molecule has 1 atom stereocenters. The van der Waals surface area contributed by atoms with Crippen molar-refractivity contribution in [2.45, 2.75) is 44.8 Å². The Morgan fingerprint density at radius 1 is 1.10 bits per heavy atom. The number of carbonyl (C=O) groups is 2. The van der Waals surface area contributed by atoms with E-state index in [1.54, 1.807) is 23.1 Å². The van der Waals surface area contributed by atoms with Crippen molar-refractivity contribution in [3.63, 3.8) is 0 Å². The van der Waals surface area contributed by atoms with Crippen molar-refractivity contribution in [1.82, 2.24) is 4.90 Å². The summed E-state index contributed by atoms with van der Waals surface area (Å²) in [7, 11) is 1.50. The minimum Gasteiger partial charge on any atom is -0.496 e. The summed E-state index contributed by atoms with van der Waals surface area (Å²) in [5, 5.41) is 0. The highest BCUT2D eigenvalue weighted by Gasteiger charge is 2.32. The zero-order valence-corrected chi connectivity index (χ0v) is 17.0. The lowest BCUT2D eigenvalue weighted by atomic mass is 9.93. The summed E-state index contributed by atoms with van der Waals surface area (Å²) in [6, 6.07) is 9.75. The lowest BCUT2D eigenvalue weighted by Crippen LogP contribution is -2.39. The molecule has 1 aliphatic heterocycles. The van der Waals surface area contributed by atoms with E-state index in [4.69, 9.17) is 4.74 Å². The number of carbonyl (C=O) groups excluding carboxylic acids is 2. The molecule has 0 unspecified atom stereocenters. The summed E-state index contributed by atoms with van der Waals surface area (Å²) >= 11 is 0. The first kappa shape index (κ1) is 21.9. The standard InChI is InChI=1S/C23H24F3NO3/c1-15(28)17-8-11-21(30-2)18(13-17)14-22(29)27-12-4-3-5-20(27)16-6-9-19(10-7-16)23(24,25)26/h6-11,13,20H,3-5,12,14H2,1-2H3/t20-/m1/s1. The van der Waals surface area contributed by atoms with Crippen LogP contribution in [-0.2, 0) is 17.4 Å². The number of ketones is 1. The zero-order valence-electron chi connectivity index (χ0n) is 17.0. The van der Waals surface area contributed by atoms with E-state index < -0.39 is 11.7 Å². The van der Waals surface area contributed by atoms with Crippen molar-refractivity contribution in [2.24, 2.45) is 0 Å². The zero-order chi connectivity index (χ0) is 21.9. The van der Waals surface area contributed by atoms with Crippen molar-refractivity contribution in [3.05, 3.63) is 64.7 Å². The van der Waals surface area contributed by atoms with Gasteiger partial charge in [0.2, 0.25) is 5.91 Å². The van der Waals surface area contributed by atoms with Gasteiger partial charge in [-0.15, -0.1) is 0 Å². The lowest BCUT2D eigenvalue weighted by Gasteiger charge is -2.36. The second kappa shape index (κ2) is 8.90. The highest BCUT2D eigenvalue weighted by atomic mass is 19.4. The predicted octanol–water partition coefficient (Wildman–Crippen LogP) is 5.21. The van der Waals surface area contributed by atoms with Crippen LogP contribution < -0.4 is 4.74 Å². The minimum atomic E-state index is -4.39. The van der Waals surface area contributed by atoms with Gasteiger partial charge in [0, 0.05) is 17.7 Å². The van der Waals surface area contributed by atoms with E-state index >= 15 is 0 Å². The topological polar surface area (TPSA) is 46.6 Å². The molecule has 160 valence electrons. The quantitative estimate of drug-likeness (QED) is 0.625. The van der Waals surface area contributed by atoms with Gasteiger partial charge >= 0.3 is 6.18 Å². The molecular weight excluding hydrogens is 395 g/mol. The first-order valence-electron chi connectivity index (χ1n) is 9.85. The third-order valence-corrected chi connectivity index (χ3v) is 5.47. The van der Waals surface area contributed by atoms with Crippen LogP contribution in [0.4, 0.5) is 13.2 Å². The first-order valence-corrected chi connectivity index (χ1v) is 9.85. The number of methoxy groups -OCH3 is 1. The lowest BCUT2D eigenvalue weighted by molar-refractivity contribution is -0.138. The van der Waals surface area contributed by atoms with Gasteiger partial charge in [-0.25, -0.2) is 0 Å². The molecule has 1 amide bonds. The molecule has 0 spiro atoms. The number of Topliss-reactive ketones (excluding diaryl/α,β-unsaturated/α-hetero) is 1. The Bertz CT molecular complexity index is 922. The third-order valence-electron chi connectivity index (χ3n) is 5.47. The van der Waals surface area contributed by atoms with Crippen molar-refractivity contribution < 1.29 is 27.5 Å². The maximum absolute atomic E-state index is 13.1. The number of rotatable bonds is 5. The van der Waals surface area contributed by atoms with Crippen molar-refractivity contribution in [1.29, 1.82) is 0 Å². The molecule has 0 radical (unpaired) electrons. The Labute approximate surface area is 173 Å². The van der Waals surface area contributed by atoms with Gasteiger partial charge in [0.25, 0.3) is 0 Å². The molecule has 0 aliphatic carbocycles. The van der Waals surface area contributed by atoms with Gasteiger partial charge in [-0.2, -0.15) is 13.2 Å². The molecule has 2 aromatic rings. The largest absolute Gasteiger partial charge is 0.496 e. The average Bonchev–Trinajstić information content (AvgIpc) is 2.73. The summed E-state index contributed by atoms with van der Waals surface area (Å²) in [6.07, 6.45) is -1.89. The van der Waals surface area contributed by atoms with Crippen LogP contribution >= 0.6 is 0 Å². The number of piperidine rings is 1. The number of hydrogen-bond acceptors (Lipinski definition) is 3. The molecule has 0 bridgehead atoms. The predicted molar refractivity (Wildman–Crippen MR) is 106 cm³/mol. The van der Waals surface area contributed by atoms with E-state index in [9.17, 15) is 22.8 Å². The second-order valence-corrected chi connectivity index (χ2v) is 7.48. The number of ether oxygens (including phenoxy) is 1. The third kappa shape index (κ3) is 4.83. The number of nitrogens with zero attached hydrogens (tertiary/aromatic N) is 1. The molecule has 4 nitrogen and oxygen atoms in total. The van der Waals surface area contributed by atoms with Crippen molar-refractivity contribution >= 4 is 11.7 Å². The highest BCUT2D eigenvalue weighted by Crippen LogP contribution is 2.35. The van der Waals surface area contributed by atoms with Crippen LogP contribution in [0.15, 0.2) is 42.5 Å². The van der Waals surface area contributed by atoms with Gasteiger partial charge in [0.1, 0.15) is 5.75 Å². The number of hydrogen-bond donors (Lipinski definition) is 0. The summed E-state index contributed by atoms with van der Waals surface area (Å²) in [5.41, 5.74) is 1.11. The molecule has 3 rings (SSSR count). The number of alkyl halides is 3. The van der Waals surface area contributed by atoms with Crippen molar-refractivity contribution in [2.75, 3.05) is 13.7 Å². The SMILES string of the molecule is COc1ccc(C(C)=O)cc1CC(=O)N1CCCC[C@@H]1c1ccc(C(F)(F)F)cc1.